The molecule has 17 heavy (non-hydrogen) atoms. The minimum atomic E-state index is -4.35. The van der Waals surface area contributed by atoms with Crippen molar-refractivity contribution in [3.05, 3.63) is 24.3 Å². The van der Waals surface area contributed by atoms with E-state index in [1.807, 2.05) is 0 Å². The fraction of sp³-hybridized carbons (Fsp3) is 0.200. The van der Waals surface area contributed by atoms with Gasteiger partial charge in [0.25, 0.3) is 0 Å². The summed E-state index contributed by atoms with van der Waals surface area (Å²) in [4.78, 5) is 21.0. The molecule has 0 saturated heterocycles. The van der Waals surface area contributed by atoms with Gasteiger partial charge in [-0.05, 0) is 12.1 Å². The molecule has 0 atom stereocenters. The van der Waals surface area contributed by atoms with Gasteiger partial charge in [-0.1, -0.05) is 12.1 Å². The number of rotatable bonds is 4. The number of amides is 1. The van der Waals surface area contributed by atoms with Gasteiger partial charge in [-0.3, -0.25) is 4.79 Å². The van der Waals surface area contributed by atoms with Crippen molar-refractivity contribution in [2.45, 2.75) is 13.0 Å². The Bertz CT molecular complexity index is 448. The van der Waals surface area contributed by atoms with Gasteiger partial charge in [0.2, 0.25) is 5.91 Å². The standard InChI is InChI=1S/C10H9F2NO4/c1-6(14)13-7-4-2-3-5-8(7)17-10(11,12)9(15)16/h2-5H,1H3,(H,13,14)(H,15,16). The van der Waals surface area contributed by atoms with E-state index in [4.69, 9.17) is 5.11 Å². The van der Waals surface area contributed by atoms with Gasteiger partial charge in [-0.2, -0.15) is 8.78 Å². The Labute approximate surface area is 95.0 Å². The summed E-state index contributed by atoms with van der Waals surface area (Å²) in [6, 6.07) is 5.30. The second kappa shape index (κ2) is 4.77. The third-order valence-corrected chi connectivity index (χ3v) is 1.68. The first-order valence-corrected chi connectivity index (χ1v) is 4.50. The Morgan fingerprint density at radius 1 is 1.35 bits per heavy atom. The van der Waals surface area contributed by atoms with Crippen LogP contribution in [0.2, 0.25) is 0 Å². The van der Waals surface area contributed by atoms with Crippen molar-refractivity contribution < 1.29 is 28.2 Å². The molecule has 0 spiro atoms. The molecule has 0 fully saturated rings. The molecule has 7 heteroatoms. The molecule has 0 heterocycles. The Morgan fingerprint density at radius 2 is 1.94 bits per heavy atom. The molecule has 1 amide bonds. The number of carbonyl (C=O) groups is 2. The quantitative estimate of drug-likeness (QED) is 0.846. The highest BCUT2D eigenvalue weighted by atomic mass is 19.3. The second-order valence-electron chi connectivity index (χ2n) is 3.10. The number of aliphatic carboxylic acids is 1. The summed E-state index contributed by atoms with van der Waals surface area (Å²) in [6.07, 6.45) is -4.35. The molecule has 0 bridgehead atoms. The van der Waals surface area contributed by atoms with E-state index in [0.717, 1.165) is 6.07 Å². The lowest BCUT2D eigenvalue weighted by Gasteiger charge is -2.16. The fourth-order valence-electron chi connectivity index (χ4n) is 1.03. The van der Waals surface area contributed by atoms with E-state index in [0.29, 0.717) is 0 Å². The summed E-state index contributed by atoms with van der Waals surface area (Å²) in [5, 5.41) is 10.5. The summed E-state index contributed by atoms with van der Waals surface area (Å²) >= 11 is 0. The molecule has 5 nitrogen and oxygen atoms in total. The average molecular weight is 245 g/mol. The Morgan fingerprint density at radius 3 is 2.47 bits per heavy atom. The smallest absolute Gasteiger partial charge is 0.474 e. The number of hydrogen-bond donors (Lipinski definition) is 2. The maximum Gasteiger partial charge on any atom is 0.501 e. The van der Waals surface area contributed by atoms with Crippen LogP contribution in [0.5, 0.6) is 5.75 Å². The van der Waals surface area contributed by atoms with E-state index < -0.39 is 23.7 Å². The summed E-state index contributed by atoms with van der Waals surface area (Å²) < 4.78 is 29.7. The summed E-state index contributed by atoms with van der Waals surface area (Å²) in [5.74, 6) is -3.31. The van der Waals surface area contributed by atoms with Gasteiger partial charge < -0.3 is 15.2 Å². The van der Waals surface area contributed by atoms with Gasteiger partial charge in [0.05, 0.1) is 5.69 Å². The number of carboxylic acids is 1. The number of anilines is 1. The maximum absolute atomic E-state index is 12.8. The molecule has 0 saturated carbocycles. The lowest BCUT2D eigenvalue weighted by molar-refractivity contribution is -0.210. The van der Waals surface area contributed by atoms with Crippen LogP contribution in [0.15, 0.2) is 24.3 Å². The SMILES string of the molecule is CC(=O)Nc1ccccc1OC(F)(F)C(=O)O. The minimum Gasteiger partial charge on any atom is -0.474 e. The van der Waals surface area contributed by atoms with E-state index in [2.05, 4.69) is 10.1 Å². The fourth-order valence-corrected chi connectivity index (χ4v) is 1.03. The van der Waals surface area contributed by atoms with E-state index in [9.17, 15) is 18.4 Å². The molecular formula is C10H9F2NO4. The van der Waals surface area contributed by atoms with Gasteiger partial charge in [-0.25, -0.2) is 4.79 Å². The molecule has 0 unspecified atom stereocenters. The first-order chi connectivity index (χ1) is 7.83. The monoisotopic (exact) mass is 245 g/mol. The van der Waals surface area contributed by atoms with Crippen molar-refractivity contribution in [3.63, 3.8) is 0 Å². The molecule has 0 radical (unpaired) electrons. The van der Waals surface area contributed by atoms with Crippen molar-refractivity contribution in [3.8, 4) is 5.75 Å². The predicted octanol–water partition coefficient (Wildman–Crippen LogP) is 1.70. The predicted molar refractivity (Wildman–Crippen MR) is 54.0 cm³/mol. The van der Waals surface area contributed by atoms with Crippen LogP contribution < -0.4 is 10.1 Å². The third-order valence-electron chi connectivity index (χ3n) is 1.68. The normalized spacial score (nSPS) is 10.8. The third kappa shape index (κ3) is 3.40. The number of carboxylic acid groups (broad SMARTS) is 1. The van der Waals surface area contributed by atoms with Gasteiger partial charge in [-0.15, -0.1) is 0 Å². The largest absolute Gasteiger partial charge is 0.501 e. The zero-order chi connectivity index (χ0) is 13.1. The van der Waals surface area contributed by atoms with Crippen LogP contribution in [0.3, 0.4) is 0 Å². The molecule has 0 aromatic heterocycles. The average Bonchev–Trinajstić information content (AvgIpc) is 2.19. The first kappa shape index (κ1) is 12.9. The zero-order valence-electron chi connectivity index (χ0n) is 8.74. The summed E-state index contributed by atoms with van der Waals surface area (Å²) in [7, 11) is 0. The molecule has 1 aromatic rings. The summed E-state index contributed by atoms with van der Waals surface area (Å²) in [6.45, 7) is 1.19. The number of benzene rings is 1. The molecular weight excluding hydrogens is 236 g/mol. The Kier molecular flexibility index (Phi) is 3.62. The number of alkyl halides is 2. The number of nitrogens with one attached hydrogen (secondary N) is 1. The highest BCUT2D eigenvalue weighted by Gasteiger charge is 2.42. The van der Waals surface area contributed by atoms with E-state index in [1.165, 1.54) is 25.1 Å². The number of halogens is 2. The minimum absolute atomic E-state index is 0.0269. The van der Waals surface area contributed by atoms with E-state index in [1.54, 1.807) is 0 Å². The molecule has 1 rings (SSSR count). The zero-order valence-corrected chi connectivity index (χ0v) is 8.74. The lowest BCUT2D eigenvalue weighted by atomic mass is 10.3. The highest BCUT2D eigenvalue weighted by Crippen LogP contribution is 2.29. The highest BCUT2D eigenvalue weighted by molar-refractivity contribution is 5.90. The van der Waals surface area contributed by atoms with Gasteiger partial charge in [0.15, 0.2) is 5.75 Å². The van der Waals surface area contributed by atoms with Crippen LogP contribution >= 0.6 is 0 Å². The van der Waals surface area contributed by atoms with Gasteiger partial charge in [0.1, 0.15) is 0 Å². The lowest BCUT2D eigenvalue weighted by Crippen LogP contribution is -2.35. The van der Waals surface area contributed by atoms with Crippen LogP contribution in [0, 0.1) is 0 Å². The van der Waals surface area contributed by atoms with Crippen LogP contribution in [-0.4, -0.2) is 23.1 Å². The van der Waals surface area contributed by atoms with Crippen molar-refractivity contribution in [2.24, 2.45) is 0 Å². The van der Waals surface area contributed by atoms with Crippen LogP contribution in [0.1, 0.15) is 6.92 Å². The van der Waals surface area contributed by atoms with Crippen molar-refractivity contribution in [1.82, 2.24) is 0 Å². The molecule has 1 aromatic carbocycles. The van der Waals surface area contributed by atoms with Crippen molar-refractivity contribution in [1.29, 1.82) is 0 Å². The molecule has 0 aliphatic heterocycles. The van der Waals surface area contributed by atoms with E-state index in [-0.39, 0.29) is 5.69 Å². The molecule has 92 valence electrons. The Balaban J connectivity index is 2.98. The van der Waals surface area contributed by atoms with Crippen molar-refractivity contribution >= 4 is 17.6 Å². The molecule has 0 aliphatic carbocycles. The number of carbonyl (C=O) groups excluding carboxylic acids is 1. The molecule has 0 aliphatic rings. The second-order valence-corrected chi connectivity index (χ2v) is 3.10. The van der Waals surface area contributed by atoms with Crippen LogP contribution in [-0.2, 0) is 9.59 Å². The molecule has 2 N–H and O–H groups in total. The number of ether oxygens (including phenoxy) is 1. The van der Waals surface area contributed by atoms with Crippen LogP contribution in [0.4, 0.5) is 14.5 Å². The van der Waals surface area contributed by atoms with Gasteiger partial charge in [0, 0.05) is 6.92 Å². The first-order valence-electron chi connectivity index (χ1n) is 4.50. The number of hydrogen-bond acceptors (Lipinski definition) is 3. The van der Waals surface area contributed by atoms with Crippen molar-refractivity contribution in [2.75, 3.05) is 5.32 Å². The maximum atomic E-state index is 12.8. The van der Waals surface area contributed by atoms with Crippen LogP contribution in [0.25, 0.3) is 0 Å². The topological polar surface area (TPSA) is 75.6 Å². The van der Waals surface area contributed by atoms with E-state index >= 15 is 0 Å². The summed E-state index contributed by atoms with van der Waals surface area (Å²) in [5.41, 5.74) is -0.0269. The van der Waals surface area contributed by atoms with Gasteiger partial charge >= 0.3 is 12.1 Å². The Hall–Kier alpha value is -2.18. The number of para-hydroxylation sites is 2.